The van der Waals surface area contributed by atoms with Crippen LogP contribution in [0.4, 0.5) is 8.78 Å². The maximum atomic E-state index is 12.0. The Kier molecular flexibility index (Phi) is 2.78. The molecule has 0 amide bonds. The lowest BCUT2D eigenvalue weighted by molar-refractivity contribution is 0.150. The first kappa shape index (κ1) is 8.87. The molecule has 0 atom stereocenters. The Morgan fingerprint density at radius 2 is 2.18 bits per heavy atom. The summed E-state index contributed by atoms with van der Waals surface area (Å²) in [6, 6.07) is 1.34. The highest BCUT2D eigenvalue weighted by Gasteiger charge is 2.11. The number of rotatable bonds is 1. The van der Waals surface area contributed by atoms with Gasteiger partial charge in [0.2, 0.25) is 0 Å². The van der Waals surface area contributed by atoms with Gasteiger partial charge in [0, 0.05) is 10.7 Å². The molecule has 0 aliphatic carbocycles. The summed E-state index contributed by atoms with van der Waals surface area (Å²) < 4.78 is 24.4. The minimum Gasteiger partial charge on any atom is -0.244 e. The fourth-order valence-electron chi connectivity index (χ4n) is 0.579. The van der Waals surface area contributed by atoms with Crippen LogP contribution in [0.1, 0.15) is 12.0 Å². The summed E-state index contributed by atoms with van der Waals surface area (Å²) in [7, 11) is 0. The molecule has 0 saturated carbocycles. The van der Waals surface area contributed by atoms with E-state index in [2.05, 4.69) is 20.9 Å². The molecule has 0 aliphatic rings. The molecule has 60 valence electrons. The topological polar surface area (TPSA) is 12.9 Å². The van der Waals surface area contributed by atoms with E-state index in [0.717, 1.165) is 6.20 Å². The Morgan fingerprint density at radius 1 is 1.55 bits per heavy atom. The molecule has 1 heterocycles. The number of pyridine rings is 1. The van der Waals surface area contributed by atoms with Crippen LogP contribution in [-0.4, -0.2) is 4.98 Å². The van der Waals surface area contributed by atoms with Crippen LogP contribution >= 0.6 is 27.5 Å². The number of hydrogen-bond donors (Lipinski definition) is 0. The van der Waals surface area contributed by atoms with Crippen molar-refractivity contribution in [1.82, 2.24) is 4.98 Å². The van der Waals surface area contributed by atoms with Gasteiger partial charge < -0.3 is 0 Å². The molecular formula is C6H3BrClF2N. The van der Waals surface area contributed by atoms with Crippen molar-refractivity contribution in [2.24, 2.45) is 0 Å². The molecule has 0 bridgehead atoms. The predicted molar refractivity (Wildman–Crippen MR) is 41.9 cm³/mol. The summed E-state index contributed by atoms with van der Waals surface area (Å²) in [4.78, 5) is 3.52. The molecule has 5 heteroatoms. The van der Waals surface area contributed by atoms with E-state index in [1.54, 1.807) is 0 Å². The van der Waals surface area contributed by atoms with Crippen molar-refractivity contribution in [3.63, 3.8) is 0 Å². The number of halogens is 4. The molecule has 0 radical (unpaired) electrons. The normalized spacial score (nSPS) is 10.6. The first-order valence-electron chi connectivity index (χ1n) is 2.70. The monoisotopic (exact) mass is 241 g/mol. The summed E-state index contributed by atoms with van der Waals surface area (Å²) in [6.07, 6.45) is -1.47. The Balaban J connectivity index is 3.09. The number of hydrogen-bond acceptors (Lipinski definition) is 1. The summed E-state index contributed by atoms with van der Waals surface area (Å²) >= 11 is 8.38. The fraction of sp³-hybridized carbons (Fsp3) is 0.167. The minimum atomic E-state index is -2.52. The van der Waals surface area contributed by atoms with Gasteiger partial charge in [-0.1, -0.05) is 27.5 Å². The molecule has 11 heavy (non-hydrogen) atoms. The summed E-state index contributed by atoms with van der Waals surface area (Å²) in [5.74, 6) is 0. The highest BCUT2D eigenvalue weighted by atomic mass is 79.9. The Morgan fingerprint density at radius 3 is 2.64 bits per heavy atom. The van der Waals surface area contributed by atoms with Crippen LogP contribution in [-0.2, 0) is 0 Å². The molecule has 0 aromatic carbocycles. The molecule has 0 unspecified atom stereocenters. The van der Waals surface area contributed by atoms with Crippen LogP contribution in [0.3, 0.4) is 0 Å². The molecule has 0 spiro atoms. The fourth-order valence-corrected chi connectivity index (χ4v) is 1.36. The standard InChI is InChI=1S/C6H3BrClF2N/c7-4-1-5(8)11-2-3(4)6(9)10/h1-2,6H. The third kappa shape index (κ3) is 2.10. The van der Waals surface area contributed by atoms with Crippen LogP contribution in [0.15, 0.2) is 16.7 Å². The van der Waals surface area contributed by atoms with E-state index in [4.69, 9.17) is 11.6 Å². The van der Waals surface area contributed by atoms with Crippen molar-refractivity contribution in [1.29, 1.82) is 0 Å². The van der Waals surface area contributed by atoms with Crippen molar-refractivity contribution < 1.29 is 8.78 Å². The van der Waals surface area contributed by atoms with Crippen molar-refractivity contribution in [3.05, 3.63) is 27.5 Å². The van der Waals surface area contributed by atoms with Gasteiger partial charge in [-0.2, -0.15) is 0 Å². The smallest absolute Gasteiger partial charge is 0.244 e. The van der Waals surface area contributed by atoms with E-state index in [9.17, 15) is 8.78 Å². The molecule has 0 N–H and O–H groups in total. The number of aromatic nitrogens is 1. The average molecular weight is 242 g/mol. The minimum absolute atomic E-state index is 0.144. The quantitative estimate of drug-likeness (QED) is 0.688. The van der Waals surface area contributed by atoms with Gasteiger partial charge >= 0.3 is 0 Å². The second kappa shape index (κ2) is 3.45. The van der Waals surface area contributed by atoms with Crippen molar-refractivity contribution >= 4 is 27.5 Å². The molecule has 1 rings (SSSR count). The zero-order valence-corrected chi connectivity index (χ0v) is 7.53. The maximum absolute atomic E-state index is 12.0. The van der Waals surface area contributed by atoms with Gasteiger partial charge in [0.15, 0.2) is 0 Å². The van der Waals surface area contributed by atoms with Crippen LogP contribution < -0.4 is 0 Å². The summed E-state index contributed by atoms with van der Waals surface area (Å²) in [5, 5.41) is 0.196. The molecule has 0 saturated heterocycles. The first-order chi connectivity index (χ1) is 5.11. The van der Waals surface area contributed by atoms with E-state index in [1.807, 2.05) is 0 Å². The van der Waals surface area contributed by atoms with Gasteiger partial charge in [0.05, 0.1) is 5.56 Å². The van der Waals surface area contributed by atoms with Gasteiger partial charge in [-0.05, 0) is 6.07 Å². The third-order valence-corrected chi connectivity index (χ3v) is 1.98. The van der Waals surface area contributed by atoms with Crippen LogP contribution in [0.2, 0.25) is 5.15 Å². The Labute approximate surface area is 75.5 Å². The second-order valence-corrected chi connectivity index (χ2v) is 3.07. The lowest BCUT2D eigenvalue weighted by Crippen LogP contribution is -1.87. The molecule has 1 nitrogen and oxygen atoms in total. The van der Waals surface area contributed by atoms with Crippen LogP contribution in [0, 0.1) is 0 Å². The Hall–Kier alpha value is -0.220. The van der Waals surface area contributed by atoms with Gasteiger partial charge in [0.1, 0.15) is 5.15 Å². The molecule has 0 aliphatic heterocycles. The number of alkyl halides is 2. The van der Waals surface area contributed by atoms with Gasteiger partial charge in [-0.3, -0.25) is 0 Å². The predicted octanol–water partition coefficient (Wildman–Crippen LogP) is 3.44. The lowest BCUT2D eigenvalue weighted by Gasteiger charge is -2.00. The molecule has 1 aromatic rings. The molecule has 0 fully saturated rings. The van der Waals surface area contributed by atoms with E-state index in [1.165, 1.54) is 6.07 Å². The van der Waals surface area contributed by atoms with Crippen LogP contribution in [0.5, 0.6) is 0 Å². The van der Waals surface area contributed by atoms with Gasteiger partial charge in [-0.25, -0.2) is 13.8 Å². The van der Waals surface area contributed by atoms with Crippen molar-refractivity contribution in [3.8, 4) is 0 Å². The van der Waals surface area contributed by atoms with Gasteiger partial charge in [-0.15, -0.1) is 0 Å². The maximum Gasteiger partial charge on any atom is 0.266 e. The van der Waals surface area contributed by atoms with Gasteiger partial charge in [0.25, 0.3) is 6.43 Å². The van der Waals surface area contributed by atoms with E-state index in [-0.39, 0.29) is 15.2 Å². The SMILES string of the molecule is FC(F)c1cnc(Cl)cc1Br. The average Bonchev–Trinajstić information content (AvgIpc) is 1.85. The zero-order chi connectivity index (χ0) is 8.43. The molecule has 1 aromatic heterocycles. The van der Waals surface area contributed by atoms with Crippen LogP contribution in [0.25, 0.3) is 0 Å². The van der Waals surface area contributed by atoms with E-state index < -0.39 is 6.43 Å². The van der Waals surface area contributed by atoms with E-state index in [0.29, 0.717) is 0 Å². The highest BCUT2D eigenvalue weighted by Crippen LogP contribution is 2.27. The Bertz CT molecular complexity index is 267. The summed E-state index contributed by atoms with van der Waals surface area (Å²) in [6.45, 7) is 0. The number of nitrogens with zero attached hydrogens (tertiary/aromatic N) is 1. The first-order valence-corrected chi connectivity index (χ1v) is 3.87. The van der Waals surface area contributed by atoms with Crippen molar-refractivity contribution in [2.75, 3.05) is 0 Å². The van der Waals surface area contributed by atoms with E-state index >= 15 is 0 Å². The second-order valence-electron chi connectivity index (χ2n) is 1.83. The lowest BCUT2D eigenvalue weighted by atomic mass is 10.3. The highest BCUT2D eigenvalue weighted by molar-refractivity contribution is 9.10. The molecular weight excluding hydrogens is 239 g/mol. The summed E-state index contributed by atoms with van der Waals surface area (Å²) in [5.41, 5.74) is -0.144. The largest absolute Gasteiger partial charge is 0.266 e. The zero-order valence-electron chi connectivity index (χ0n) is 5.19. The van der Waals surface area contributed by atoms with Crippen molar-refractivity contribution in [2.45, 2.75) is 6.43 Å². The third-order valence-electron chi connectivity index (χ3n) is 1.08.